The molecule has 0 spiro atoms. The van der Waals surface area contributed by atoms with Crippen LogP contribution in [0.2, 0.25) is 0 Å². The first kappa shape index (κ1) is 20.3. The number of unbranched alkanes of at least 4 members (excludes halogenated alkanes) is 2. The molecule has 5 heteroatoms. The molecule has 0 aromatic heterocycles. The van der Waals surface area contributed by atoms with Crippen molar-refractivity contribution in [3.63, 3.8) is 0 Å². The molecule has 5 nitrogen and oxygen atoms in total. The molecule has 0 aliphatic rings. The molecule has 1 atom stereocenters. The van der Waals surface area contributed by atoms with Crippen molar-refractivity contribution in [2.75, 3.05) is 33.0 Å². The van der Waals surface area contributed by atoms with Crippen molar-refractivity contribution < 1.29 is 14.3 Å². The zero-order valence-corrected chi connectivity index (χ0v) is 14.1. The van der Waals surface area contributed by atoms with Crippen LogP contribution in [0.1, 0.15) is 59.3 Å². The molecule has 0 aromatic rings. The summed E-state index contributed by atoms with van der Waals surface area (Å²) in [6.07, 6.45) is 5.86. The van der Waals surface area contributed by atoms with Gasteiger partial charge in [0.25, 0.3) is 0 Å². The van der Waals surface area contributed by atoms with Crippen LogP contribution >= 0.6 is 0 Å². The van der Waals surface area contributed by atoms with Gasteiger partial charge < -0.3 is 20.5 Å². The van der Waals surface area contributed by atoms with Gasteiger partial charge in [0.05, 0.1) is 18.8 Å². The Kier molecular flexibility index (Phi) is 12.6. The van der Waals surface area contributed by atoms with Crippen molar-refractivity contribution in [1.82, 2.24) is 5.32 Å². The normalized spacial score (nSPS) is 14.0. The van der Waals surface area contributed by atoms with Crippen molar-refractivity contribution in [3.8, 4) is 0 Å². The van der Waals surface area contributed by atoms with Crippen LogP contribution in [-0.4, -0.2) is 44.4 Å². The molecule has 0 saturated carbocycles. The molecule has 0 radical (unpaired) electrons. The lowest BCUT2D eigenvalue weighted by Gasteiger charge is -2.27. The molecular formula is C16H34N2O3. The number of primary amides is 1. The van der Waals surface area contributed by atoms with Crippen LogP contribution in [0.25, 0.3) is 0 Å². The van der Waals surface area contributed by atoms with Crippen molar-refractivity contribution >= 4 is 5.91 Å². The molecule has 0 heterocycles. The fourth-order valence-corrected chi connectivity index (χ4v) is 1.95. The van der Waals surface area contributed by atoms with Gasteiger partial charge in [-0.2, -0.15) is 0 Å². The summed E-state index contributed by atoms with van der Waals surface area (Å²) in [5.41, 5.74) is 4.88. The number of amides is 1. The largest absolute Gasteiger partial charge is 0.379 e. The van der Waals surface area contributed by atoms with Gasteiger partial charge in [-0.3, -0.25) is 4.79 Å². The summed E-state index contributed by atoms with van der Waals surface area (Å²) in [6.45, 7) is 9.75. The first-order valence-electron chi connectivity index (χ1n) is 8.27. The number of hydrogen-bond acceptors (Lipinski definition) is 4. The molecule has 1 unspecified atom stereocenters. The quantitative estimate of drug-likeness (QED) is 0.455. The summed E-state index contributed by atoms with van der Waals surface area (Å²) >= 11 is 0. The minimum absolute atomic E-state index is 0.277. The summed E-state index contributed by atoms with van der Waals surface area (Å²) in [6, 6.07) is 0. The lowest BCUT2D eigenvalue weighted by atomic mass is 9.94. The Labute approximate surface area is 129 Å². The first-order valence-corrected chi connectivity index (χ1v) is 8.27. The van der Waals surface area contributed by atoms with Gasteiger partial charge in [0.15, 0.2) is 0 Å². The standard InChI is InChI=1S/C16H34N2O3/c1-4-6-11-20-13-14-21-12-8-7-9-16(3,15(17)19)18-10-5-2/h18H,4-14H2,1-3H3,(H2,17,19). The highest BCUT2D eigenvalue weighted by molar-refractivity contribution is 5.84. The molecule has 0 fully saturated rings. The third kappa shape index (κ3) is 10.7. The molecular weight excluding hydrogens is 268 g/mol. The van der Waals surface area contributed by atoms with E-state index in [1.54, 1.807) is 0 Å². The first-order chi connectivity index (χ1) is 10.1. The van der Waals surface area contributed by atoms with Gasteiger partial charge in [-0.1, -0.05) is 20.3 Å². The Morgan fingerprint density at radius 3 is 2.14 bits per heavy atom. The zero-order chi connectivity index (χ0) is 16.0. The molecule has 0 aliphatic carbocycles. The second-order valence-corrected chi connectivity index (χ2v) is 5.66. The minimum Gasteiger partial charge on any atom is -0.379 e. The van der Waals surface area contributed by atoms with Gasteiger partial charge in [0.2, 0.25) is 5.91 Å². The van der Waals surface area contributed by atoms with Crippen LogP contribution in [0.3, 0.4) is 0 Å². The average Bonchev–Trinajstić information content (AvgIpc) is 2.47. The van der Waals surface area contributed by atoms with E-state index in [0.29, 0.717) is 19.8 Å². The Morgan fingerprint density at radius 1 is 1.00 bits per heavy atom. The number of hydrogen-bond donors (Lipinski definition) is 2. The van der Waals surface area contributed by atoms with Crippen LogP contribution in [0.5, 0.6) is 0 Å². The van der Waals surface area contributed by atoms with Crippen molar-refractivity contribution in [2.24, 2.45) is 5.73 Å². The molecule has 21 heavy (non-hydrogen) atoms. The van der Waals surface area contributed by atoms with Crippen LogP contribution in [0, 0.1) is 0 Å². The molecule has 0 aliphatic heterocycles. The van der Waals surface area contributed by atoms with E-state index in [-0.39, 0.29) is 5.91 Å². The minimum atomic E-state index is -0.598. The number of rotatable bonds is 15. The molecule has 0 rings (SSSR count). The summed E-state index contributed by atoms with van der Waals surface area (Å²) in [5, 5.41) is 3.24. The lowest BCUT2D eigenvalue weighted by molar-refractivity contribution is -0.124. The summed E-state index contributed by atoms with van der Waals surface area (Å²) in [5.74, 6) is -0.277. The second-order valence-electron chi connectivity index (χ2n) is 5.66. The number of nitrogens with one attached hydrogen (secondary N) is 1. The van der Waals surface area contributed by atoms with Crippen LogP contribution in [-0.2, 0) is 14.3 Å². The maximum atomic E-state index is 11.5. The molecule has 0 saturated heterocycles. The van der Waals surface area contributed by atoms with E-state index >= 15 is 0 Å². The molecule has 0 bridgehead atoms. The van der Waals surface area contributed by atoms with E-state index in [4.69, 9.17) is 15.2 Å². The Balaban J connectivity index is 3.56. The number of carbonyl (C=O) groups is 1. The van der Waals surface area contributed by atoms with E-state index in [1.165, 1.54) is 0 Å². The fraction of sp³-hybridized carbons (Fsp3) is 0.938. The van der Waals surface area contributed by atoms with Crippen LogP contribution in [0.15, 0.2) is 0 Å². The highest BCUT2D eigenvalue weighted by Crippen LogP contribution is 2.13. The summed E-state index contributed by atoms with van der Waals surface area (Å²) < 4.78 is 10.9. The molecule has 0 aromatic carbocycles. The van der Waals surface area contributed by atoms with Crippen LogP contribution in [0.4, 0.5) is 0 Å². The SMILES string of the molecule is CCCCOCCOCCCCC(C)(NCCC)C(N)=O. The molecule has 126 valence electrons. The average molecular weight is 302 g/mol. The Morgan fingerprint density at radius 2 is 1.62 bits per heavy atom. The van der Waals surface area contributed by atoms with E-state index < -0.39 is 5.54 Å². The van der Waals surface area contributed by atoms with E-state index in [9.17, 15) is 4.79 Å². The lowest BCUT2D eigenvalue weighted by Crippen LogP contribution is -2.53. The monoisotopic (exact) mass is 302 g/mol. The van der Waals surface area contributed by atoms with E-state index in [1.807, 2.05) is 6.92 Å². The molecule has 3 N–H and O–H groups in total. The van der Waals surface area contributed by atoms with Crippen molar-refractivity contribution in [1.29, 1.82) is 0 Å². The number of ether oxygens (including phenoxy) is 2. The van der Waals surface area contributed by atoms with Gasteiger partial charge >= 0.3 is 0 Å². The highest BCUT2D eigenvalue weighted by atomic mass is 16.5. The third-order valence-electron chi connectivity index (χ3n) is 3.54. The topological polar surface area (TPSA) is 73.6 Å². The van der Waals surface area contributed by atoms with Crippen LogP contribution < -0.4 is 11.1 Å². The van der Waals surface area contributed by atoms with Crippen molar-refractivity contribution in [3.05, 3.63) is 0 Å². The zero-order valence-electron chi connectivity index (χ0n) is 14.1. The second kappa shape index (κ2) is 13.0. The van der Waals surface area contributed by atoms with Gasteiger partial charge in [0.1, 0.15) is 0 Å². The number of carbonyl (C=O) groups excluding carboxylic acids is 1. The van der Waals surface area contributed by atoms with E-state index in [0.717, 1.165) is 51.7 Å². The fourth-order valence-electron chi connectivity index (χ4n) is 1.95. The van der Waals surface area contributed by atoms with Gasteiger partial charge in [0, 0.05) is 13.2 Å². The van der Waals surface area contributed by atoms with E-state index in [2.05, 4.69) is 19.2 Å². The summed E-state index contributed by atoms with van der Waals surface area (Å²) in [4.78, 5) is 11.5. The highest BCUT2D eigenvalue weighted by Gasteiger charge is 2.29. The smallest absolute Gasteiger partial charge is 0.237 e. The molecule has 1 amide bonds. The predicted octanol–water partition coefficient (Wildman–Crippen LogP) is 2.23. The maximum absolute atomic E-state index is 11.5. The number of nitrogens with two attached hydrogens (primary N) is 1. The van der Waals surface area contributed by atoms with Gasteiger partial charge in [-0.05, 0) is 45.6 Å². The summed E-state index contributed by atoms with van der Waals surface area (Å²) in [7, 11) is 0. The third-order valence-corrected chi connectivity index (χ3v) is 3.54. The predicted molar refractivity (Wildman–Crippen MR) is 86.3 cm³/mol. The van der Waals surface area contributed by atoms with Crippen molar-refractivity contribution in [2.45, 2.75) is 64.8 Å². The Hall–Kier alpha value is -0.650. The van der Waals surface area contributed by atoms with Gasteiger partial charge in [-0.25, -0.2) is 0 Å². The van der Waals surface area contributed by atoms with Gasteiger partial charge in [-0.15, -0.1) is 0 Å². The maximum Gasteiger partial charge on any atom is 0.237 e. The Bertz CT molecular complexity index is 262.